The van der Waals surface area contributed by atoms with Gasteiger partial charge in [-0.2, -0.15) is 0 Å². The van der Waals surface area contributed by atoms with Crippen LogP contribution in [0.4, 0.5) is 5.69 Å². The highest BCUT2D eigenvalue weighted by Gasteiger charge is 2.15. The number of ether oxygens (including phenoxy) is 1. The van der Waals surface area contributed by atoms with Gasteiger partial charge in [-0.15, -0.1) is 0 Å². The number of fused-ring (bicyclic) bond motifs is 3. The lowest BCUT2D eigenvalue weighted by Gasteiger charge is -2.30. The summed E-state index contributed by atoms with van der Waals surface area (Å²) < 4.78 is 7.88. The molecule has 1 aliphatic heterocycles. The van der Waals surface area contributed by atoms with E-state index in [9.17, 15) is 4.79 Å². The molecule has 4 aromatic rings. The molecule has 0 bridgehead atoms. The summed E-state index contributed by atoms with van der Waals surface area (Å²) in [6.07, 6.45) is 1.99. The average molecular weight is 363 g/mol. The van der Waals surface area contributed by atoms with Gasteiger partial charge in [-0.05, 0) is 29.8 Å². The minimum absolute atomic E-state index is 0.00418. The van der Waals surface area contributed by atoms with Crippen molar-refractivity contribution in [1.82, 2.24) is 9.38 Å². The molecule has 5 nitrogen and oxygen atoms in total. The maximum absolute atomic E-state index is 13.0. The van der Waals surface area contributed by atoms with E-state index >= 15 is 0 Å². The first kappa shape index (κ1) is 15.5. The van der Waals surface area contributed by atoms with Crippen LogP contribution in [-0.4, -0.2) is 35.7 Å². The van der Waals surface area contributed by atoms with Crippen molar-refractivity contribution in [3.8, 4) is 0 Å². The van der Waals surface area contributed by atoms with Crippen molar-refractivity contribution in [2.75, 3.05) is 31.2 Å². The van der Waals surface area contributed by atoms with Gasteiger partial charge in [0.1, 0.15) is 0 Å². The maximum atomic E-state index is 13.0. The van der Waals surface area contributed by atoms with Crippen LogP contribution in [0, 0.1) is 0 Å². The van der Waals surface area contributed by atoms with E-state index in [1.807, 2.05) is 42.5 Å². The monoisotopic (exact) mass is 363 g/mol. The molecular weight excluding hydrogens is 346 g/mol. The number of anilines is 1. The van der Waals surface area contributed by atoms with E-state index in [0.717, 1.165) is 53.5 Å². The Balaban J connectivity index is 1.68. The molecule has 0 unspecified atom stereocenters. The minimum Gasteiger partial charge on any atom is -0.378 e. The molecule has 0 spiro atoms. The summed E-state index contributed by atoms with van der Waals surface area (Å²) >= 11 is 1.44. The van der Waals surface area contributed by atoms with Crippen molar-refractivity contribution in [2.24, 2.45) is 0 Å². The summed E-state index contributed by atoms with van der Waals surface area (Å²) in [6, 6.07) is 16.0. The SMILES string of the molecule is O=c1/c(=C\c2ccccc2N2CCOCC2)sc2nc3ccccc3n12. The second-order valence-corrected chi connectivity index (χ2v) is 7.30. The number of aromatic nitrogens is 2. The van der Waals surface area contributed by atoms with Crippen LogP contribution in [0.5, 0.6) is 0 Å². The van der Waals surface area contributed by atoms with Crippen molar-refractivity contribution in [1.29, 1.82) is 0 Å². The van der Waals surface area contributed by atoms with Gasteiger partial charge in [-0.1, -0.05) is 41.7 Å². The number of nitrogens with zero attached hydrogens (tertiary/aromatic N) is 3. The average Bonchev–Trinajstić information content (AvgIpc) is 3.19. The molecule has 0 saturated carbocycles. The van der Waals surface area contributed by atoms with Gasteiger partial charge in [-0.3, -0.25) is 4.79 Å². The Kier molecular flexibility index (Phi) is 3.72. The fraction of sp³-hybridized carbons (Fsp3) is 0.200. The predicted molar refractivity (Wildman–Crippen MR) is 105 cm³/mol. The van der Waals surface area contributed by atoms with Gasteiger partial charge in [-0.25, -0.2) is 9.38 Å². The number of thiazole rings is 1. The first-order valence-corrected chi connectivity index (χ1v) is 9.46. The molecule has 3 heterocycles. The number of para-hydroxylation sites is 3. The molecule has 0 amide bonds. The van der Waals surface area contributed by atoms with Crippen LogP contribution in [0.2, 0.25) is 0 Å². The Morgan fingerprint density at radius 3 is 2.69 bits per heavy atom. The zero-order valence-electron chi connectivity index (χ0n) is 14.1. The second kappa shape index (κ2) is 6.23. The van der Waals surface area contributed by atoms with Gasteiger partial charge in [0.05, 0.1) is 28.8 Å². The summed E-state index contributed by atoms with van der Waals surface area (Å²) in [5.41, 5.74) is 3.92. The van der Waals surface area contributed by atoms with Gasteiger partial charge in [0.15, 0.2) is 4.96 Å². The zero-order chi connectivity index (χ0) is 17.5. The van der Waals surface area contributed by atoms with Crippen LogP contribution < -0.4 is 15.0 Å². The number of morpholine rings is 1. The van der Waals surface area contributed by atoms with Crippen LogP contribution >= 0.6 is 11.3 Å². The fourth-order valence-electron chi connectivity index (χ4n) is 3.46. The first-order chi connectivity index (χ1) is 12.8. The number of rotatable bonds is 2. The number of imidazole rings is 1. The molecular formula is C20H17N3O2S. The molecule has 2 aromatic heterocycles. The molecule has 6 heteroatoms. The Morgan fingerprint density at radius 2 is 1.81 bits per heavy atom. The summed E-state index contributed by atoms with van der Waals surface area (Å²) in [5.74, 6) is 0. The van der Waals surface area contributed by atoms with Gasteiger partial charge in [0.25, 0.3) is 5.56 Å². The lowest BCUT2D eigenvalue weighted by Crippen LogP contribution is -2.36. The Bertz CT molecular complexity index is 1200. The standard InChI is InChI=1S/C20H17N3O2S/c24-19-18(26-20-21-15-6-2-4-8-17(15)23(19)20)13-14-5-1-3-7-16(14)22-9-11-25-12-10-22/h1-8,13H,9-12H2/b18-13+. The molecule has 0 N–H and O–H groups in total. The van der Waals surface area contributed by atoms with E-state index < -0.39 is 0 Å². The Morgan fingerprint density at radius 1 is 1.04 bits per heavy atom. The maximum Gasteiger partial charge on any atom is 0.274 e. The van der Waals surface area contributed by atoms with Gasteiger partial charge in [0, 0.05) is 18.8 Å². The lowest BCUT2D eigenvalue weighted by atomic mass is 10.1. The molecule has 0 aliphatic carbocycles. The van der Waals surface area contributed by atoms with E-state index in [4.69, 9.17) is 4.74 Å². The highest BCUT2D eigenvalue weighted by molar-refractivity contribution is 7.15. The molecule has 26 heavy (non-hydrogen) atoms. The molecule has 1 saturated heterocycles. The molecule has 130 valence electrons. The van der Waals surface area contributed by atoms with Crippen LogP contribution in [0.3, 0.4) is 0 Å². The van der Waals surface area contributed by atoms with Crippen molar-refractivity contribution in [3.63, 3.8) is 0 Å². The van der Waals surface area contributed by atoms with Crippen LogP contribution in [0.25, 0.3) is 22.1 Å². The minimum atomic E-state index is -0.00418. The summed E-state index contributed by atoms with van der Waals surface area (Å²) in [7, 11) is 0. The van der Waals surface area contributed by atoms with E-state index in [-0.39, 0.29) is 5.56 Å². The molecule has 5 rings (SSSR count). The molecule has 1 fully saturated rings. The van der Waals surface area contributed by atoms with Crippen molar-refractivity contribution in [2.45, 2.75) is 0 Å². The van der Waals surface area contributed by atoms with E-state index in [1.165, 1.54) is 11.3 Å². The van der Waals surface area contributed by atoms with Crippen molar-refractivity contribution < 1.29 is 4.74 Å². The number of hydrogen-bond acceptors (Lipinski definition) is 5. The third kappa shape index (κ3) is 2.50. The van der Waals surface area contributed by atoms with Crippen LogP contribution in [0.15, 0.2) is 53.3 Å². The first-order valence-electron chi connectivity index (χ1n) is 8.65. The van der Waals surface area contributed by atoms with E-state index in [1.54, 1.807) is 4.40 Å². The third-order valence-corrected chi connectivity index (χ3v) is 5.69. The van der Waals surface area contributed by atoms with E-state index in [0.29, 0.717) is 4.53 Å². The van der Waals surface area contributed by atoms with E-state index in [2.05, 4.69) is 22.0 Å². The Labute approximate surface area is 153 Å². The molecule has 1 aliphatic rings. The normalized spacial score (nSPS) is 16.0. The van der Waals surface area contributed by atoms with Gasteiger partial charge < -0.3 is 9.64 Å². The number of benzene rings is 2. The second-order valence-electron chi connectivity index (χ2n) is 6.29. The Hall–Kier alpha value is -2.70. The van der Waals surface area contributed by atoms with Gasteiger partial charge in [0.2, 0.25) is 0 Å². The molecule has 0 radical (unpaired) electrons. The predicted octanol–water partition coefficient (Wildman–Crippen LogP) is 2.29. The highest BCUT2D eigenvalue weighted by atomic mass is 32.1. The summed E-state index contributed by atoms with van der Waals surface area (Å²) in [6.45, 7) is 3.21. The summed E-state index contributed by atoms with van der Waals surface area (Å²) in [5, 5.41) is 0. The topological polar surface area (TPSA) is 46.8 Å². The highest BCUT2D eigenvalue weighted by Crippen LogP contribution is 2.22. The summed E-state index contributed by atoms with van der Waals surface area (Å²) in [4.78, 5) is 20.6. The van der Waals surface area contributed by atoms with Crippen LogP contribution in [-0.2, 0) is 4.74 Å². The largest absolute Gasteiger partial charge is 0.378 e. The van der Waals surface area contributed by atoms with Crippen molar-refractivity contribution in [3.05, 3.63) is 69.0 Å². The quantitative estimate of drug-likeness (QED) is 0.548. The molecule has 0 atom stereocenters. The number of hydrogen-bond donors (Lipinski definition) is 0. The lowest BCUT2D eigenvalue weighted by molar-refractivity contribution is 0.122. The van der Waals surface area contributed by atoms with Crippen molar-refractivity contribution >= 4 is 39.1 Å². The zero-order valence-corrected chi connectivity index (χ0v) is 14.9. The smallest absolute Gasteiger partial charge is 0.274 e. The fourth-order valence-corrected chi connectivity index (χ4v) is 4.43. The molecule has 2 aromatic carbocycles. The van der Waals surface area contributed by atoms with Gasteiger partial charge >= 0.3 is 0 Å². The third-order valence-electron chi connectivity index (χ3n) is 4.72. The van der Waals surface area contributed by atoms with Crippen LogP contribution in [0.1, 0.15) is 5.56 Å².